The van der Waals surface area contributed by atoms with Gasteiger partial charge in [0.25, 0.3) is 11.2 Å². The van der Waals surface area contributed by atoms with Crippen LogP contribution < -0.4 is 5.56 Å². The molecule has 1 N–H and O–H groups in total. The molecule has 128 valence electrons. The molecule has 0 aliphatic carbocycles. The van der Waals surface area contributed by atoms with Gasteiger partial charge in [-0.2, -0.15) is 0 Å². The zero-order valence-corrected chi connectivity index (χ0v) is 13.8. The molecule has 2 heterocycles. The van der Waals surface area contributed by atoms with E-state index in [0.717, 1.165) is 16.8 Å². The van der Waals surface area contributed by atoms with Gasteiger partial charge in [-0.05, 0) is 24.6 Å². The second-order valence-electron chi connectivity index (χ2n) is 5.92. The predicted molar refractivity (Wildman–Crippen MR) is 98.1 cm³/mol. The zero-order valence-electron chi connectivity index (χ0n) is 13.8. The highest BCUT2D eigenvalue weighted by atomic mass is 16.6. The Morgan fingerprint density at radius 3 is 2.38 bits per heavy atom. The Morgan fingerprint density at radius 1 is 1.04 bits per heavy atom. The largest absolute Gasteiger partial charge is 0.289 e. The van der Waals surface area contributed by atoms with Crippen molar-refractivity contribution >= 4 is 11.3 Å². The standard InChI is InChI=1S/C19H14N4O3/c1-12-18(14-5-3-2-4-6-14)21-22-17(24)11-16(20-19(12)22)13-7-9-15(10-8-13)23(25)26/h2-11,21H,1H3. The van der Waals surface area contributed by atoms with Crippen molar-refractivity contribution in [2.45, 2.75) is 6.92 Å². The highest BCUT2D eigenvalue weighted by molar-refractivity contribution is 5.72. The van der Waals surface area contributed by atoms with Crippen molar-refractivity contribution in [1.82, 2.24) is 14.6 Å². The van der Waals surface area contributed by atoms with Crippen LogP contribution >= 0.6 is 0 Å². The van der Waals surface area contributed by atoms with Gasteiger partial charge >= 0.3 is 0 Å². The van der Waals surface area contributed by atoms with Crippen LogP contribution in [0.15, 0.2) is 65.5 Å². The third kappa shape index (κ3) is 2.55. The van der Waals surface area contributed by atoms with Crippen molar-refractivity contribution in [3.05, 3.63) is 86.7 Å². The minimum absolute atomic E-state index is 0.00395. The van der Waals surface area contributed by atoms with Crippen LogP contribution in [-0.4, -0.2) is 19.5 Å². The Labute approximate surface area is 147 Å². The van der Waals surface area contributed by atoms with Crippen molar-refractivity contribution in [1.29, 1.82) is 0 Å². The molecule has 0 aliphatic rings. The molecule has 2 aromatic carbocycles. The molecule has 4 aromatic rings. The SMILES string of the molecule is Cc1c(-c2ccccc2)[nH]n2c(=O)cc(-c3ccc([N+](=O)[O-])cc3)nc12. The van der Waals surface area contributed by atoms with E-state index in [1.165, 1.54) is 22.7 Å². The fourth-order valence-corrected chi connectivity index (χ4v) is 2.94. The van der Waals surface area contributed by atoms with Gasteiger partial charge in [-0.15, -0.1) is 0 Å². The first kappa shape index (κ1) is 15.8. The van der Waals surface area contributed by atoms with Crippen LogP contribution in [0.1, 0.15) is 5.56 Å². The number of aryl methyl sites for hydroxylation is 1. The van der Waals surface area contributed by atoms with Gasteiger partial charge in [0, 0.05) is 29.3 Å². The molecule has 4 rings (SSSR count). The molecule has 0 spiro atoms. The van der Waals surface area contributed by atoms with E-state index >= 15 is 0 Å². The predicted octanol–water partition coefficient (Wildman–Crippen LogP) is 3.57. The van der Waals surface area contributed by atoms with Crippen LogP contribution in [0.5, 0.6) is 0 Å². The second-order valence-corrected chi connectivity index (χ2v) is 5.92. The Balaban J connectivity index is 1.87. The number of rotatable bonds is 3. The number of fused-ring (bicyclic) bond motifs is 1. The summed E-state index contributed by atoms with van der Waals surface area (Å²) in [6, 6.07) is 17.1. The van der Waals surface area contributed by atoms with Gasteiger partial charge < -0.3 is 0 Å². The monoisotopic (exact) mass is 346 g/mol. The molecule has 0 radical (unpaired) electrons. The van der Waals surface area contributed by atoms with Crippen LogP contribution in [0.2, 0.25) is 0 Å². The van der Waals surface area contributed by atoms with Gasteiger partial charge in [0.15, 0.2) is 5.65 Å². The third-order valence-electron chi connectivity index (χ3n) is 4.29. The van der Waals surface area contributed by atoms with Gasteiger partial charge in [0.05, 0.1) is 16.3 Å². The first-order valence-corrected chi connectivity index (χ1v) is 7.97. The average Bonchev–Trinajstić information content (AvgIpc) is 3.00. The summed E-state index contributed by atoms with van der Waals surface area (Å²) in [4.78, 5) is 27.4. The van der Waals surface area contributed by atoms with E-state index in [2.05, 4.69) is 10.1 Å². The number of H-pyrrole nitrogens is 1. The minimum atomic E-state index is -0.461. The molecule has 0 saturated carbocycles. The number of benzene rings is 2. The van der Waals surface area contributed by atoms with E-state index in [1.807, 2.05) is 37.3 Å². The van der Waals surface area contributed by atoms with E-state index in [9.17, 15) is 14.9 Å². The summed E-state index contributed by atoms with van der Waals surface area (Å²) in [5.41, 5.74) is 4.07. The van der Waals surface area contributed by atoms with Gasteiger partial charge in [-0.3, -0.25) is 20.0 Å². The lowest BCUT2D eigenvalue weighted by Crippen LogP contribution is -2.14. The maximum Gasteiger partial charge on any atom is 0.273 e. The fraction of sp³-hybridized carbons (Fsp3) is 0.0526. The van der Waals surface area contributed by atoms with Gasteiger partial charge in [0.1, 0.15) is 0 Å². The maximum atomic E-state index is 12.5. The molecule has 0 fully saturated rings. The Kier molecular flexibility index (Phi) is 3.62. The Bertz CT molecular complexity index is 1180. The summed E-state index contributed by atoms with van der Waals surface area (Å²) >= 11 is 0. The molecular weight excluding hydrogens is 332 g/mol. The van der Waals surface area contributed by atoms with Gasteiger partial charge in [-0.1, -0.05) is 30.3 Å². The van der Waals surface area contributed by atoms with Crippen molar-refractivity contribution in [3.8, 4) is 22.5 Å². The molecule has 0 atom stereocenters. The molecule has 7 heteroatoms. The quantitative estimate of drug-likeness (QED) is 0.453. The highest BCUT2D eigenvalue weighted by Gasteiger charge is 2.14. The lowest BCUT2D eigenvalue weighted by Gasteiger charge is -2.01. The summed E-state index contributed by atoms with van der Waals surface area (Å²) in [6.45, 7) is 1.90. The Hall–Kier alpha value is -3.74. The summed E-state index contributed by atoms with van der Waals surface area (Å²) in [5.74, 6) is 0. The number of nitrogens with one attached hydrogen (secondary N) is 1. The van der Waals surface area contributed by atoms with Crippen LogP contribution in [0.25, 0.3) is 28.2 Å². The molecule has 0 aliphatic heterocycles. The summed E-state index contributed by atoms with van der Waals surface area (Å²) in [5, 5.41) is 13.9. The molecular formula is C19H14N4O3. The van der Waals surface area contributed by atoms with E-state index in [-0.39, 0.29) is 11.2 Å². The van der Waals surface area contributed by atoms with Crippen LogP contribution in [0, 0.1) is 17.0 Å². The van der Waals surface area contributed by atoms with Crippen LogP contribution in [0.3, 0.4) is 0 Å². The lowest BCUT2D eigenvalue weighted by atomic mass is 10.1. The number of hydrogen-bond acceptors (Lipinski definition) is 4. The van der Waals surface area contributed by atoms with E-state index < -0.39 is 4.92 Å². The minimum Gasteiger partial charge on any atom is -0.289 e. The molecule has 2 aromatic heterocycles. The maximum absolute atomic E-state index is 12.5. The lowest BCUT2D eigenvalue weighted by molar-refractivity contribution is -0.384. The zero-order chi connectivity index (χ0) is 18.3. The highest BCUT2D eigenvalue weighted by Crippen LogP contribution is 2.25. The third-order valence-corrected chi connectivity index (χ3v) is 4.29. The first-order chi connectivity index (χ1) is 12.5. The first-order valence-electron chi connectivity index (χ1n) is 7.97. The summed E-state index contributed by atoms with van der Waals surface area (Å²) < 4.78 is 1.41. The topological polar surface area (TPSA) is 93.3 Å². The number of aromatic nitrogens is 3. The molecule has 0 bridgehead atoms. The molecule has 0 amide bonds. The molecule has 0 saturated heterocycles. The van der Waals surface area contributed by atoms with Crippen LogP contribution in [0.4, 0.5) is 5.69 Å². The molecule has 7 nitrogen and oxygen atoms in total. The van der Waals surface area contributed by atoms with Gasteiger partial charge in [-0.25, -0.2) is 9.50 Å². The normalized spacial score (nSPS) is 11.0. The molecule has 0 unspecified atom stereocenters. The Morgan fingerprint density at radius 2 is 1.73 bits per heavy atom. The van der Waals surface area contributed by atoms with Crippen LogP contribution in [-0.2, 0) is 0 Å². The number of nitro benzene ring substituents is 1. The van der Waals surface area contributed by atoms with E-state index in [4.69, 9.17) is 0 Å². The second kappa shape index (κ2) is 5.96. The smallest absolute Gasteiger partial charge is 0.273 e. The fourth-order valence-electron chi connectivity index (χ4n) is 2.94. The number of aromatic amines is 1. The van der Waals surface area contributed by atoms with Crippen molar-refractivity contribution in [3.63, 3.8) is 0 Å². The van der Waals surface area contributed by atoms with Crippen molar-refractivity contribution in [2.24, 2.45) is 0 Å². The van der Waals surface area contributed by atoms with Crippen molar-refractivity contribution in [2.75, 3.05) is 0 Å². The number of non-ortho nitro benzene ring substituents is 1. The van der Waals surface area contributed by atoms with E-state index in [0.29, 0.717) is 16.9 Å². The number of hydrogen-bond donors (Lipinski definition) is 1. The summed E-state index contributed by atoms with van der Waals surface area (Å²) in [7, 11) is 0. The number of nitro groups is 1. The number of nitrogens with zero attached hydrogens (tertiary/aromatic N) is 3. The molecule has 26 heavy (non-hydrogen) atoms. The summed E-state index contributed by atoms with van der Waals surface area (Å²) in [6.07, 6.45) is 0. The van der Waals surface area contributed by atoms with E-state index in [1.54, 1.807) is 12.1 Å². The van der Waals surface area contributed by atoms with Crippen molar-refractivity contribution < 1.29 is 4.92 Å². The average molecular weight is 346 g/mol. The van der Waals surface area contributed by atoms with Gasteiger partial charge in [0.2, 0.25) is 0 Å².